The lowest BCUT2D eigenvalue weighted by Gasteiger charge is -2.19. The molecule has 0 saturated heterocycles. The van der Waals surface area contributed by atoms with Gasteiger partial charge in [0.25, 0.3) is 0 Å². The first-order valence-corrected chi connectivity index (χ1v) is 6.79. The van der Waals surface area contributed by atoms with Crippen LogP contribution >= 0.6 is 0 Å². The summed E-state index contributed by atoms with van der Waals surface area (Å²) >= 11 is 0. The van der Waals surface area contributed by atoms with Gasteiger partial charge in [0.1, 0.15) is 5.60 Å². The first-order chi connectivity index (χ1) is 9.92. The van der Waals surface area contributed by atoms with Crippen molar-refractivity contribution in [3.05, 3.63) is 48.3 Å². The Bertz CT molecular complexity index is 587. The maximum atomic E-state index is 11.6. The summed E-state index contributed by atoms with van der Waals surface area (Å²) in [6, 6.07) is 3.91. The van der Waals surface area contributed by atoms with Gasteiger partial charge in [-0.25, -0.2) is 9.78 Å². The molecule has 0 radical (unpaired) electrons. The van der Waals surface area contributed by atoms with Crippen LogP contribution in [0.2, 0.25) is 0 Å². The molecule has 0 aliphatic heterocycles. The maximum absolute atomic E-state index is 11.6. The minimum atomic E-state index is -0.496. The van der Waals surface area contributed by atoms with Gasteiger partial charge in [0.05, 0.1) is 25.1 Å². The lowest BCUT2D eigenvalue weighted by Crippen LogP contribution is -2.32. The molecule has 0 saturated carbocycles. The number of hydrogen-bond acceptors (Lipinski definition) is 4. The van der Waals surface area contributed by atoms with Crippen LogP contribution in [0.1, 0.15) is 32.0 Å². The average Bonchev–Trinajstić information content (AvgIpc) is 2.83. The molecule has 0 aromatic carbocycles. The highest BCUT2D eigenvalue weighted by Gasteiger charge is 2.15. The number of alkyl carbamates (subject to hydrolysis) is 1. The third-order valence-electron chi connectivity index (χ3n) is 2.59. The Labute approximate surface area is 124 Å². The number of nitrogens with zero attached hydrogens (tertiary/aromatic N) is 3. The van der Waals surface area contributed by atoms with Crippen LogP contribution in [0.15, 0.2) is 37.1 Å². The molecule has 2 aromatic heterocycles. The number of aromatic nitrogens is 3. The number of nitrogens with one attached hydrogen (secondary N) is 1. The Morgan fingerprint density at radius 1 is 1.43 bits per heavy atom. The van der Waals surface area contributed by atoms with Crippen LogP contribution < -0.4 is 5.32 Å². The Kier molecular flexibility index (Phi) is 4.57. The van der Waals surface area contributed by atoms with Crippen molar-refractivity contribution >= 4 is 6.09 Å². The molecule has 0 unspecified atom stereocenters. The van der Waals surface area contributed by atoms with E-state index >= 15 is 0 Å². The lowest BCUT2D eigenvalue weighted by atomic mass is 10.2. The fourth-order valence-corrected chi connectivity index (χ4v) is 1.76. The van der Waals surface area contributed by atoms with E-state index in [1.807, 2.05) is 49.9 Å². The largest absolute Gasteiger partial charge is 0.444 e. The van der Waals surface area contributed by atoms with E-state index < -0.39 is 11.7 Å². The van der Waals surface area contributed by atoms with Crippen LogP contribution in [0.3, 0.4) is 0 Å². The molecule has 112 valence electrons. The second kappa shape index (κ2) is 6.39. The van der Waals surface area contributed by atoms with Gasteiger partial charge in [-0.3, -0.25) is 4.98 Å². The smallest absolute Gasteiger partial charge is 0.407 e. The van der Waals surface area contributed by atoms with Crippen molar-refractivity contribution in [2.45, 2.75) is 39.5 Å². The van der Waals surface area contributed by atoms with Crippen molar-refractivity contribution < 1.29 is 9.53 Å². The van der Waals surface area contributed by atoms with Gasteiger partial charge in [0.15, 0.2) is 0 Å². The van der Waals surface area contributed by atoms with Gasteiger partial charge >= 0.3 is 6.09 Å². The van der Waals surface area contributed by atoms with E-state index in [2.05, 4.69) is 15.3 Å². The van der Waals surface area contributed by atoms with Crippen LogP contribution in [0.5, 0.6) is 0 Å². The summed E-state index contributed by atoms with van der Waals surface area (Å²) in [6.07, 6.45) is 6.75. The van der Waals surface area contributed by atoms with Gasteiger partial charge in [0.2, 0.25) is 0 Å². The van der Waals surface area contributed by atoms with Crippen molar-refractivity contribution in [2.75, 3.05) is 0 Å². The quantitative estimate of drug-likeness (QED) is 0.937. The second-order valence-electron chi connectivity index (χ2n) is 5.75. The number of rotatable bonds is 4. The maximum Gasteiger partial charge on any atom is 0.407 e. The molecule has 0 spiro atoms. The predicted octanol–water partition coefficient (Wildman–Crippen LogP) is 2.35. The van der Waals surface area contributed by atoms with Crippen molar-refractivity contribution in [2.24, 2.45) is 0 Å². The van der Waals surface area contributed by atoms with Crippen LogP contribution in [-0.4, -0.2) is 26.2 Å². The average molecular weight is 288 g/mol. The van der Waals surface area contributed by atoms with Crippen LogP contribution in [0.25, 0.3) is 0 Å². The van der Waals surface area contributed by atoms with Gasteiger partial charge < -0.3 is 14.6 Å². The molecule has 6 nitrogen and oxygen atoms in total. The molecular weight excluding hydrogens is 268 g/mol. The second-order valence-corrected chi connectivity index (χ2v) is 5.75. The molecule has 0 fully saturated rings. The number of imidazole rings is 1. The minimum absolute atomic E-state index is 0.342. The first kappa shape index (κ1) is 15.0. The Hall–Kier alpha value is -2.37. The van der Waals surface area contributed by atoms with E-state index in [9.17, 15) is 4.79 Å². The molecule has 1 N–H and O–H groups in total. The number of hydrogen-bond donors (Lipinski definition) is 1. The van der Waals surface area contributed by atoms with Crippen LogP contribution in [0, 0.1) is 0 Å². The van der Waals surface area contributed by atoms with E-state index in [-0.39, 0.29) is 0 Å². The van der Waals surface area contributed by atoms with Crippen molar-refractivity contribution in [3.63, 3.8) is 0 Å². The van der Waals surface area contributed by atoms with Crippen molar-refractivity contribution in [1.82, 2.24) is 19.9 Å². The number of ether oxygens (including phenoxy) is 1. The van der Waals surface area contributed by atoms with Crippen LogP contribution in [-0.2, 0) is 17.8 Å². The molecule has 0 aliphatic rings. The van der Waals surface area contributed by atoms with E-state index in [4.69, 9.17) is 4.74 Å². The van der Waals surface area contributed by atoms with Gasteiger partial charge in [-0.2, -0.15) is 0 Å². The van der Waals surface area contributed by atoms with Gasteiger partial charge in [-0.05, 0) is 32.4 Å². The SMILES string of the molecule is CC(C)(C)OC(=O)NCc1cn(Cc2cccnc2)cn1. The third kappa shape index (κ3) is 5.25. The predicted molar refractivity (Wildman–Crippen MR) is 78.6 cm³/mol. The summed E-state index contributed by atoms with van der Waals surface area (Å²) in [5.41, 5.74) is 1.38. The molecule has 2 rings (SSSR count). The molecule has 21 heavy (non-hydrogen) atoms. The zero-order chi connectivity index (χ0) is 15.3. The Morgan fingerprint density at radius 3 is 2.90 bits per heavy atom. The highest BCUT2D eigenvalue weighted by Crippen LogP contribution is 2.07. The first-order valence-electron chi connectivity index (χ1n) is 6.79. The minimum Gasteiger partial charge on any atom is -0.444 e. The molecule has 0 atom stereocenters. The Morgan fingerprint density at radius 2 is 2.24 bits per heavy atom. The molecule has 2 heterocycles. The van der Waals surface area contributed by atoms with E-state index in [1.54, 1.807) is 12.5 Å². The normalized spacial score (nSPS) is 11.2. The highest BCUT2D eigenvalue weighted by molar-refractivity contribution is 5.67. The number of amides is 1. The number of pyridine rings is 1. The summed E-state index contributed by atoms with van der Waals surface area (Å²) in [5, 5.41) is 2.68. The summed E-state index contributed by atoms with van der Waals surface area (Å²) in [5.74, 6) is 0. The monoisotopic (exact) mass is 288 g/mol. The fraction of sp³-hybridized carbons (Fsp3) is 0.400. The number of carbonyl (C=O) groups is 1. The summed E-state index contributed by atoms with van der Waals surface area (Å²) in [4.78, 5) is 19.9. The zero-order valence-electron chi connectivity index (χ0n) is 12.5. The summed E-state index contributed by atoms with van der Waals surface area (Å²) < 4.78 is 7.12. The number of carbonyl (C=O) groups excluding carboxylic acids is 1. The van der Waals surface area contributed by atoms with Gasteiger partial charge in [-0.1, -0.05) is 6.07 Å². The Balaban J connectivity index is 1.85. The molecular formula is C15H20N4O2. The highest BCUT2D eigenvalue weighted by atomic mass is 16.6. The van der Waals surface area contributed by atoms with Crippen molar-refractivity contribution in [3.8, 4) is 0 Å². The topological polar surface area (TPSA) is 69.0 Å². The molecule has 0 bridgehead atoms. The summed E-state index contributed by atoms with van der Waals surface area (Å²) in [7, 11) is 0. The van der Waals surface area contributed by atoms with Crippen LogP contribution in [0.4, 0.5) is 4.79 Å². The van der Waals surface area contributed by atoms with E-state index in [1.165, 1.54) is 0 Å². The van der Waals surface area contributed by atoms with Crippen molar-refractivity contribution in [1.29, 1.82) is 0 Å². The fourth-order valence-electron chi connectivity index (χ4n) is 1.76. The zero-order valence-corrected chi connectivity index (χ0v) is 12.5. The van der Waals surface area contributed by atoms with E-state index in [0.29, 0.717) is 13.1 Å². The van der Waals surface area contributed by atoms with Gasteiger partial charge in [-0.15, -0.1) is 0 Å². The third-order valence-corrected chi connectivity index (χ3v) is 2.59. The molecule has 1 amide bonds. The lowest BCUT2D eigenvalue weighted by molar-refractivity contribution is 0.0523. The standard InChI is InChI=1S/C15H20N4O2/c1-15(2,3)21-14(20)17-8-13-10-19(11-18-13)9-12-5-4-6-16-7-12/h4-7,10-11H,8-9H2,1-3H3,(H,17,20). The van der Waals surface area contributed by atoms with E-state index in [0.717, 1.165) is 11.3 Å². The van der Waals surface area contributed by atoms with Gasteiger partial charge in [0, 0.05) is 18.6 Å². The summed E-state index contributed by atoms with van der Waals surface area (Å²) in [6.45, 7) is 6.53. The molecule has 2 aromatic rings. The molecule has 6 heteroatoms. The molecule has 0 aliphatic carbocycles.